The van der Waals surface area contributed by atoms with Gasteiger partial charge in [-0.05, 0) is 25.8 Å². The summed E-state index contributed by atoms with van der Waals surface area (Å²) in [5.41, 5.74) is 0. The van der Waals surface area contributed by atoms with Crippen molar-refractivity contribution in [1.29, 1.82) is 0 Å². The first-order chi connectivity index (χ1) is 6.20. The van der Waals surface area contributed by atoms with Gasteiger partial charge >= 0.3 is 0 Å². The second-order valence-corrected chi connectivity index (χ2v) is 3.82. The molecule has 0 saturated heterocycles. The van der Waals surface area contributed by atoms with E-state index in [-0.39, 0.29) is 0 Å². The van der Waals surface area contributed by atoms with Crippen molar-refractivity contribution in [2.24, 2.45) is 5.92 Å². The lowest BCUT2D eigenvalue weighted by atomic mass is 10.0. The maximum Gasteiger partial charge on any atom is 0.0469 e. The van der Waals surface area contributed by atoms with E-state index in [4.69, 9.17) is 4.74 Å². The van der Waals surface area contributed by atoms with Gasteiger partial charge < -0.3 is 10.1 Å². The van der Waals surface area contributed by atoms with Crippen LogP contribution in [0.25, 0.3) is 0 Å². The minimum Gasteiger partial charge on any atom is -0.382 e. The Balaban J connectivity index is 3.39. The number of ether oxygens (including phenoxy) is 1. The van der Waals surface area contributed by atoms with Gasteiger partial charge in [-0.1, -0.05) is 27.2 Å². The van der Waals surface area contributed by atoms with Gasteiger partial charge in [-0.25, -0.2) is 0 Å². The van der Waals surface area contributed by atoms with E-state index in [1.54, 1.807) is 0 Å². The molecule has 2 heteroatoms. The monoisotopic (exact) mass is 187 g/mol. The van der Waals surface area contributed by atoms with Crippen LogP contribution in [0.5, 0.6) is 0 Å². The van der Waals surface area contributed by atoms with Gasteiger partial charge in [0.15, 0.2) is 0 Å². The summed E-state index contributed by atoms with van der Waals surface area (Å²) in [4.78, 5) is 0. The van der Waals surface area contributed by atoms with Crippen molar-refractivity contribution >= 4 is 0 Å². The minimum atomic E-state index is 0.598. The van der Waals surface area contributed by atoms with Gasteiger partial charge in [0.2, 0.25) is 0 Å². The predicted molar refractivity (Wildman–Crippen MR) is 58.0 cm³/mol. The molecule has 13 heavy (non-hydrogen) atoms. The largest absolute Gasteiger partial charge is 0.382 e. The van der Waals surface area contributed by atoms with Gasteiger partial charge in [0.25, 0.3) is 0 Å². The van der Waals surface area contributed by atoms with Crippen molar-refractivity contribution in [3.8, 4) is 0 Å². The van der Waals surface area contributed by atoms with Crippen LogP contribution in [0.1, 0.15) is 40.5 Å². The molecule has 2 nitrogen and oxygen atoms in total. The number of nitrogens with one attached hydrogen (secondary N) is 1. The Morgan fingerprint density at radius 3 is 2.38 bits per heavy atom. The summed E-state index contributed by atoms with van der Waals surface area (Å²) in [5.74, 6) is 0.772. The van der Waals surface area contributed by atoms with E-state index in [9.17, 15) is 0 Å². The van der Waals surface area contributed by atoms with E-state index in [0.717, 1.165) is 25.7 Å². The topological polar surface area (TPSA) is 21.3 Å². The van der Waals surface area contributed by atoms with Crippen molar-refractivity contribution in [3.63, 3.8) is 0 Å². The molecule has 1 N–H and O–H groups in total. The molecule has 0 aliphatic carbocycles. The molecular weight excluding hydrogens is 162 g/mol. The maximum atomic E-state index is 5.34. The fourth-order valence-electron chi connectivity index (χ4n) is 1.25. The first-order valence-electron chi connectivity index (χ1n) is 5.51. The normalized spacial score (nSPS) is 13.6. The van der Waals surface area contributed by atoms with Gasteiger partial charge in [0, 0.05) is 19.3 Å². The SMILES string of the molecule is CCOCCC(CC)CNC(C)C. The summed E-state index contributed by atoms with van der Waals surface area (Å²) in [7, 11) is 0. The highest BCUT2D eigenvalue weighted by Gasteiger charge is 2.06. The van der Waals surface area contributed by atoms with Crippen LogP contribution in [0, 0.1) is 5.92 Å². The molecule has 0 spiro atoms. The number of hydrogen-bond donors (Lipinski definition) is 1. The average molecular weight is 187 g/mol. The minimum absolute atomic E-state index is 0.598. The van der Waals surface area contributed by atoms with Crippen molar-refractivity contribution in [2.45, 2.75) is 46.6 Å². The highest BCUT2D eigenvalue weighted by Crippen LogP contribution is 2.07. The molecule has 0 rings (SSSR count). The van der Waals surface area contributed by atoms with Crippen LogP contribution in [0.4, 0.5) is 0 Å². The van der Waals surface area contributed by atoms with E-state index in [1.165, 1.54) is 12.8 Å². The summed E-state index contributed by atoms with van der Waals surface area (Å²) < 4.78 is 5.34. The van der Waals surface area contributed by atoms with E-state index in [0.29, 0.717) is 6.04 Å². The third-order valence-corrected chi connectivity index (χ3v) is 2.27. The summed E-state index contributed by atoms with van der Waals surface area (Å²) in [6, 6.07) is 0.598. The van der Waals surface area contributed by atoms with Gasteiger partial charge in [-0.3, -0.25) is 0 Å². The number of rotatable bonds is 8. The van der Waals surface area contributed by atoms with Crippen molar-refractivity contribution in [2.75, 3.05) is 19.8 Å². The highest BCUT2D eigenvalue weighted by atomic mass is 16.5. The average Bonchev–Trinajstić information content (AvgIpc) is 2.10. The van der Waals surface area contributed by atoms with Crippen molar-refractivity contribution in [1.82, 2.24) is 5.32 Å². The molecule has 0 aromatic rings. The van der Waals surface area contributed by atoms with Gasteiger partial charge in [0.05, 0.1) is 0 Å². The third-order valence-electron chi connectivity index (χ3n) is 2.27. The summed E-state index contributed by atoms with van der Waals surface area (Å²) in [6.45, 7) is 11.6. The fraction of sp³-hybridized carbons (Fsp3) is 1.00. The van der Waals surface area contributed by atoms with Crippen molar-refractivity contribution < 1.29 is 4.74 Å². The highest BCUT2D eigenvalue weighted by molar-refractivity contribution is 4.62. The van der Waals surface area contributed by atoms with E-state index >= 15 is 0 Å². The van der Waals surface area contributed by atoms with Crippen LogP contribution in [-0.4, -0.2) is 25.8 Å². The standard InChI is InChI=1S/C11H25NO/c1-5-11(7-8-13-6-2)9-12-10(3)4/h10-12H,5-9H2,1-4H3. The Labute approximate surface area is 83.1 Å². The van der Waals surface area contributed by atoms with Gasteiger partial charge in [0.1, 0.15) is 0 Å². The molecule has 1 atom stereocenters. The van der Waals surface area contributed by atoms with Crippen LogP contribution < -0.4 is 5.32 Å². The number of hydrogen-bond acceptors (Lipinski definition) is 2. The maximum absolute atomic E-state index is 5.34. The lowest BCUT2D eigenvalue weighted by Gasteiger charge is -2.17. The molecule has 80 valence electrons. The van der Waals surface area contributed by atoms with E-state index in [2.05, 4.69) is 26.1 Å². The second kappa shape index (κ2) is 8.52. The Bertz CT molecular complexity index is 104. The van der Waals surface area contributed by atoms with Crippen LogP contribution in [0.2, 0.25) is 0 Å². The Kier molecular flexibility index (Phi) is 8.46. The molecule has 1 unspecified atom stereocenters. The van der Waals surface area contributed by atoms with Gasteiger partial charge in [-0.2, -0.15) is 0 Å². The van der Waals surface area contributed by atoms with Gasteiger partial charge in [-0.15, -0.1) is 0 Å². The summed E-state index contributed by atoms with van der Waals surface area (Å²) in [6.07, 6.45) is 2.43. The smallest absolute Gasteiger partial charge is 0.0469 e. The Morgan fingerprint density at radius 2 is 1.92 bits per heavy atom. The molecule has 0 fully saturated rings. The summed E-state index contributed by atoms with van der Waals surface area (Å²) >= 11 is 0. The Hall–Kier alpha value is -0.0800. The molecule has 0 amide bonds. The first-order valence-corrected chi connectivity index (χ1v) is 5.51. The second-order valence-electron chi connectivity index (χ2n) is 3.82. The zero-order valence-corrected chi connectivity index (χ0v) is 9.60. The molecular formula is C11H25NO. The van der Waals surface area contributed by atoms with Crippen LogP contribution in [-0.2, 0) is 4.74 Å². The van der Waals surface area contributed by atoms with Crippen molar-refractivity contribution in [3.05, 3.63) is 0 Å². The summed E-state index contributed by atoms with van der Waals surface area (Å²) in [5, 5.41) is 3.47. The first kappa shape index (κ1) is 12.9. The molecule has 0 aromatic heterocycles. The third kappa shape index (κ3) is 8.26. The molecule has 0 aromatic carbocycles. The molecule has 0 aliphatic rings. The lowest BCUT2D eigenvalue weighted by Crippen LogP contribution is -2.29. The van der Waals surface area contributed by atoms with E-state index in [1.807, 2.05) is 6.92 Å². The lowest BCUT2D eigenvalue weighted by molar-refractivity contribution is 0.130. The Morgan fingerprint density at radius 1 is 1.23 bits per heavy atom. The predicted octanol–water partition coefficient (Wildman–Crippen LogP) is 2.44. The molecule has 0 saturated carbocycles. The van der Waals surface area contributed by atoms with Crippen LogP contribution in [0.3, 0.4) is 0 Å². The molecule has 0 radical (unpaired) electrons. The fourth-order valence-corrected chi connectivity index (χ4v) is 1.25. The molecule has 0 heterocycles. The zero-order valence-electron chi connectivity index (χ0n) is 9.60. The van der Waals surface area contributed by atoms with Crippen LogP contribution in [0.15, 0.2) is 0 Å². The molecule has 0 aliphatic heterocycles. The molecule has 0 bridgehead atoms. The quantitative estimate of drug-likeness (QED) is 0.589. The zero-order chi connectivity index (χ0) is 10.1. The van der Waals surface area contributed by atoms with Crippen LogP contribution >= 0.6 is 0 Å². The van der Waals surface area contributed by atoms with E-state index < -0.39 is 0 Å².